The van der Waals surface area contributed by atoms with Crippen LogP contribution < -0.4 is 0 Å². The Morgan fingerprint density at radius 1 is 1.13 bits per heavy atom. The highest BCUT2D eigenvalue weighted by atomic mass is 16.3. The predicted molar refractivity (Wildman–Crippen MR) is 56.5 cm³/mol. The average Bonchev–Trinajstić information content (AvgIpc) is 2.29. The average molecular weight is 201 g/mol. The molecule has 2 aromatic carbocycles. The topological polar surface area (TPSA) is 66.7 Å². The maximum Gasteiger partial charge on any atom is 0.153 e. The summed E-state index contributed by atoms with van der Waals surface area (Å²) in [6.07, 6.45) is 0.565. The lowest BCUT2D eigenvalue weighted by molar-refractivity contribution is 0.112. The molecule has 0 aromatic heterocycles. The van der Waals surface area contributed by atoms with E-state index in [1.165, 1.54) is 6.07 Å². The number of phenolic OH excluding ortho intramolecular Hbond substituents is 1. The molecule has 0 saturated carbocycles. The zero-order valence-corrected chi connectivity index (χ0v) is 7.68. The van der Waals surface area contributed by atoms with Crippen LogP contribution in [0.3, 0.4) is 0 Å². The Kier molecular flexibility index (Phi) is 2.17. The van der Waals surface area contributed by atoms with Crippen molar-refractivity contribution in [2.24, 2.45) is 5.18 Å². The van der Waals surface area contributed by atoms with E-state index in [2.05, 4.69) is 5.18 Å². The van der Waals surface area contributed by atoms with E-state index in [1.54, 1.807) is 24.3 Å². The van der Waals surface area contributed by atoms with E-state index in [1.807, 2.05) is 0 Å². The maximum atomic E-state index is 10.6. The summed E-state index contributed by atoms with van der Waals surface area (Å²) in [4.78, 5) is 21.1. The Bertz CT molecular complexity index is 549. The van der Waals surface area contributed by atoms with E-state index in [9.17, 15) is 14.8 Å². The van der Waals surface area contributed by atoms with Crippen LogP contribution in [0.2, 0.25) is 0 Å². The van der Waals surface area contributed by atoms with Gasteiger partial charge in [-0.3, -0.25) is 4.79 Å². The molecule has 0 heterocycles. The smallest absolute Gasteiger partial charge is 0.153 e. The Morgan fingerprint density at radius 2 is 1.93 bits per heavy atom. The maximum absolute atomic E-state index is 10.6. The van der Waals surface area contributed by atoms with Gasteiger partial charge in [0.15, 0.2) is 6.29 Å². The van der Waals surface area contributed by atoms with Crippen molar-refractivity contribution < 1.29 is 9.90 Å². The summed E-state index contributed by atoms with van der Waals surface area (Å²) in [5.41, 5.74) is 0.450. The van der Waals surface area contributed by atoms with Gasteiger partial charge in [0.05, 0.1) is 5.56 Å². The highest BCUT2D eigenvalue weighted by molar-refractivity contribution is 6.00. The number of phenols is 1. The normalized spacial score (nSPS) is 10.1. The second-order valence-electron chi connectivity index (χ2n) is 3.08. The number of nitroso groups, excluding NO2 is 1. The number of fused-ring (bicyclic) bond motifs is 1. The van der Waals surface area contributed by atoms with E-state index in [-0.39, 0.29) is 17.0 Å². The molecule has 0 spiro atoms. The lowest BCUT2D eigenvalue weighted by Gasteiger charge is -2.03. The SMILES string of the molecule is O=Cc1ccc2c(N=O)cccc2c1O. The third kappa shape index (κ3) is 1.36. The molecule has 74 valence electrons. The molecular weight excluding hydrogens is 194 g/mol. The van der Waals surface area contributed by atoms with Gasteiger partial charge in [-0.05, 0) is 17.3 Å². The summed E-state index contributed by atoms with van der Waals surface area (Å²) < 4.78 is 0. The van der Waals surface area contributed by atoms with Crippen LogP contribution in [0.15, 0.2) is 35.5 Å². The van der Waals surface area contributed by atoms with E-state index in [4.69, 9.17) is 0 Å². The van der Waals surface area contributed by atoms with Gasteiger partial charge in [0.1, 0.15) is 11.4 Å². The Labute approximate surface area is 85.1 Å². The number of hydrogen-bond acceptors (Lipinski definition) is 4. The molecule has 0 saturated heterocycles. The van der Waals surface area contributed by atoms with Crippen molar-refractivity contribution in [2.75, 3.05) is 0 Å². The van der Waals surface area contributed by atoms with Gasteiger partial charge in [0.2, 0.25) is 0 Å². The first-order chi connectivity index (χ1) is 7.27. The van der Waals surface area contributed by atoms with E-state index in [0.717, 1.165) is 0 Å². The second-order valence-corrected chi connectivity index (χ2v) is 3.08. The third-order valence-corrected chi connectivity index (χ3v) is 2.27. The number of benzene rings is 2. The van der Waals surface area contributed by atoms with Crippen LogP contribution in [0.4, 0.5) is 5.69 Å². The molecule has 0 atom stereocenters. The van der Waals surface area contributed by atoms with Crippen LogP contribution >= 0.6 is 0 Å². The first-order valence-corrected chi connectivity index (χ1v) is 4.31. The summed E-state index contributed by atoms with van der Waals surface area (Å²) >= 11 is 0. The highest BCUT2D eigenvalue weighted by Crippen LogP contribution is 2.33. The van der Waals surface area contributed by atoms with Crippen LogP contribution in [-0.2, 0) is 0 Å². The van der Waals surface area contributed by atoms with Crippen molar-refractivity contribution in [1.29, 1.82) is 0 Å². The van der Waals surface area contributed by atoms with E-state index in [0.29, 0.717) is 17.1 Å². The first-order valence-electron chi connectivity index (χ1n) is 4.31. The third-order valence-electron chi connectivity index (χ3n) is 2.27. The molecule has 0 aliphatic rings. The zero-order chi connectivity index (χ0) is 10.8. The van der Waals surface area contributed by atoms with Gasteiger partial charge in [-0.1, -0.05) is 18.2 Å². The Hall–Kier alpha value is -2.23. The van der Waals surface area contributed by atoms with Gasteiger partial charge in [-0.15, -0.1) is 4.91 Å². The molecule has 1 N–H and O–H groups in total. The minimum absolute atomic E-state index is 0.118. The highest BCUT2D eigenvalue weighted by Gasteiger charge is 2.08. The van der Waals surface area contributed by atoms with Gasteiger partial charge in [0.25, 0.3) is 0 Å². The number of rotatable bonds is 2. The molecule has 0 amide bonds. The molecule has 0 aliphatic heterocycles. The molecule has 0 fully saturated rings. The summed E-state index contributed by atoms with van der Waals surface area (Å²) in [7, 11) is 0. The van der Waals surface area contributed by atoms with Crippen molar-refractivity contribution in [2.45, 2.75) is 0 Å². The number of carbonyl (C=O) groups excluding carboxylic acids is 1. The van der Waals surface area contributed by atoms with Crippen LogP contribution in [0.1, 0.15) is 10.4 Å². The minimum atomic E-state index is -0.118. The molecule has 15 heavy (non-hydrogen) atoms. The van der Waals surface area contributed by atoms with Crippen LogP contribution in [0.5, 0.6) is 5.75 Å². The number of aromatic hydroxyl groups is 1. The molecule has 4 nitrogen and oxygen atoms in total. The molecule has 4 heteroatoms. The molecule has 2 rings (SSSR count). The van der Waals surface area contributed by atoms with Crippen molar-refractivity contribution in [1.82, 2.24) is 0 Å². The summed E-state index contributed by atoms with van der Waals surface area (Å²) in [6.45, 7) is 0. The van der Waals surface area contributed by atoms with E-state index < -0.39 is 0 Å². The van der Waals surface area contributed by atoms with Gasteiger partial charge >= 0.3 is 0 Å². The van der Waals surface area contributed by atoms with Crippen LogP contribution in [0.25, 0.3) is 10.8 Å². The van der Waals surface area contributed by atoms with E-state index >= 15 is 0 Å². The Balaban J connectivity index is 2.89. The number of hydrogen-bond donors (Lipinski definition) is 1. The van der Waals surface area contributed by atoms with Crippen LogP contribution in [0, 0.1) is 4.91 Å². The fourth-order valence-corrected chi connectivity index (χ4v) is 1.52. The van der Waals surface area contributed by atoms with Crippen molar-refractivity contribution >= 4 is 22.7 Å². The largest absolute Gasteiger partial charge is 0.507 e. The fourth-order valence-electron chi connectivity index (χ4n) is 1.52. The standard InChI is InChI=1S/C11H7NO3/c13-6-7-4-5-8-9(11(7)14)2-1-3-10(8)12-15/h1-6,14H. The molecule has 2 aromatic rings. The van der Waals surface area contributed by atoms with Crippen molar-refractivity contribution in [3.05, 3.63) is 40.8 Å². The minimum Gasteiger partial charge on any atom is -0.507 e. The summed E-state index contributed by atoms with van der Waals surface area (Å²) in [5, 5.41) is 13.5. The number of nitrogens with zero attached hydrogens (tertiary/aromatic N) is 1. The van der Waals surface area contributed by atoms with Crippen LogP contribution in [-0.4, -0.2) is 11.4 Å². The second kappa shape index (κ2) is 3.49. The summed E-state index contributed by atoms with van der Waals surface area (Å²) in [6, 6.07) is 7.84. The molecule has 0 radical (unpaired) electrons. The van der Waals surface area contributed by atoms with Gasteiger partial charge in [-0.25, -0.2) is 0 Å². The lowest BCUT2D eigenvalue weighted by Crippen LogP contribution is -1.83. The quantitative estimate of drug-likeness (QED) is 0.600. The van der Waals surface area contributed by atoms with Crippen molar-refractivity contribution in [3.8, 4) is 5.75 Å². The molecule has 0 bridgehead atoms. The number of carbonyl (C=O) groups is 1. The van der Waals surface area contributed by atoms with Crippen molar-refractivity contribution in [3.63, 3.8) is 0 Å². The molecule has 0 aliphatic carbocycles. The van der Waals surface area contributed by atoms with Gasteiger partial charge in [-0.2, -0.15) is 0 Å². The predicted octanol–water partition coefficient (Wildman–Crippen LogP) is 2.76. The number of aldehydes is 1. The molecule has 0 unspecified atom stereocenters. The Morgan fingerprint density at radius 3 is 2.60 bits per heavy atom. The fraction of sp³-hybridized carbons (Fsp3) is 0. The first kappa shape index (κ1) is 9.33. The zero-order valence-electron chi connectivity index (χ0n) is 7.68. The van der Waals surface area contributed by atoms with Gasteiger partial charge < -0.3 is 5.11 Å². The summed E-state index contributed by atoms with van der Waals surface area (Å²) in [5.74, 6) is -0.118. The lowest BCUT2D eigenvalue weighted by atomic mass is 10.0. The molecular formula is C11H7NO3. The monoisotopic (exact) mass is 201 g/mol. The van der Waals surface area contributed by atoms with Gasteiger partial charge in [0, 0.05) is 10.8 Å².